The number of nitrogens with zero attached hydrogens (tertiary/aromatic N) is 2. The van der Waals surface area contributed by atoms with Crippen LogP contribution in [0.1, 0.15) is 67.3 Å². The fourth-order valence-corrected chi connectivity index (χ4v) is 5.47. The van der Waals surface area contributed by atoms with E-state index in [-0.39, 0.29) is 17.4 Å². The maximum absolute atomic E-state index is 14.9. The third-order valence-corrected chi connectivity index (χ3v) is 7.06. The Kier molecular flexibility index (Phi) is 5.36. The van der Waals surface area contributed by atoms with E-state index >= 15 is 0 Å². The second-order valence-corrected chi connectivity index (χ2v) is 9.44. The van der Waals surface area contributed by atoms with Crippen LogP contribution in [-0.2, 0) is 6.42 Å². The van der Waals surface area contributed by atoms with Crippen LogP contribution in [0.3, 0.4) is 0 Å². The zero-order valence-corrected chi connectivity index (χ0v) is 18.3. The third-order valence-electron chi connectivity index (χ3n) is 7.06. The molecule has 3 saturated carbocycles. The molecule has 6 rings (SSSR count). The van der Waals surface area contributed by atoms with Crippen LogP contribution >= 0.6 is 0 Å². The second kappa shape index (κ2) is 8.17. The summed E-state index contributed by atoms with van der Waals surface area (Å²) in [5, 5.41) is 6.24. The van der Waals surface area contributed by atoms with Crippen molar-refractivity contribution in [3.05, 3.63) is 35.0 Å². The lowest BCUT2D eigenvalue weighted by atomic mass is 9.63. The van der Waals surface area contributed by atoms with E-state index in [0.717, 1.165) is 56.2 Å². The summed E-state index contributed by atoms with van der Waals surface area (Å²) >= 11 is 0. The molecule has 4 aliphatic rings. The van der Waals surface area contributed by atoms with Crippen molar-refractivity contribution in [3.63, 3.8) is 0 Å². The van der Waals surface area contributed by atoms with Crippen LogP contribution in [0.25, 0.3) is 0 Å². The van der Waals surface area contributed by atoms with Gasteiger partial charge in [-0.25, -0.2) is 4.39 Å². The Morgan fingerprint density at radius 2 is 1.90 bits per heavy atom. The number of amides is 1. The van der Waals surface area contributed by atoms with Gasteiger partial charge in [0.1, 0.15) is 11.6 Å². The van der Waals surface area contributed by atoms with Crippen LogP contribution < -0.4 is 15.5 Å². The molecular formula is C24H31FN4O2. The monoisotopic (exact) mass is 426 g/mol. The van der Waals surface area contributed by atoms with Crippen molar-refractivity contribution in [1.82, 2.24) is 4.98 Å². The van der Waals surface area contributed by atoms with E-state index in [4.69, 9.17) is 4.42 Å². The minimum Gasteiger partial charge on any atom is -0.428 e. The highest BCUT2D eigenvalue weighted by Crippen LogP contribution is 2.46. The molecule has 2 heterocycles. The highest BCUT2D eigenvalue weighted by atomic mass is 19.1. The molecule has 1 amide bonds. The van der Waals surface area contributed by atoms with Crippen molar-refractivity contribution in [3.8, 4) is 0 Å². The predicted molar refractivity (Wildman–Crippen MR) is 119 cm³/mol. The highest BCUT2D eigenvalue weighted by molar-refractivity contribution is 6.04. The van der Waals surface area contributed by atoms with Crippen LogP contribution in [0.2, 0.25) is 0 Å². The average molecular weight is 427 g/mol. The fraction of sp³-hybridized carbons (Fsp3) is 0.583. The zero-order chi connectivity index (χ0) is 21.5. The molecule has 1 aromatic carbocycles. The van der Waals surface area contributed by atoms with Gasteiger partial charge in [0.15, 0.2) is 5.69 Å². The summed E-state index contributed by atoms with van der Waals surface area (Å²) in [7, 11) is 0. The van der Waals surface area contributed by atoms with E-state index in [2.05, 4.69) is 20.5 Å². The fourth-order valence-electron chi connectivity index (χ4n) is 5.47. The number of carbonyl (C=O) groups excluding carboxylic acids is 1. The molecule has 0 radical (unpaired) electrons. The Balaban J connectivity index is 1.30. The molecule has 166 valence electrons. The minimum atomic E-state index is -0.363. The van der Waals surface area contributed by atoms with Crippen LogP contribution in [-0.4, -0.2) is 30.0 Å². The molecule has 0 spiro atoms. The number of oxazole rings is 1. The van der Waals surface area contributed by atoms with Crippen molar-refractivity contribution < 1.29 is 13.6 Å². The van der Waals surface area contributed by atoms with Gasteiger partial charge in [-0.05, 0) is 75.0 Å². The molecule has 7 heteroatoms. The molecule has 3 aliphatic carbocycles. The van der Waals surface area contributed by atoms with Crippen molar-refractivity contribution in [2.45, 2.75) is 64.8 Å². The number of rotatable bonds is 6. The summed E-state index contributed by atoms with van der Waals surface area (Å²) in [5.74, 6) is 1.48. The van der Waals surface area contributed by atoms with E-state index in [0.29, 0.717) is 35.6 Å². The number of nitrogens with one attached hydrogen (secondary N) is 2. The number of hydrogen-bond donors (Lipinski definition) is 2. The van der Waals surface area contributed by atoms with Gasteiger partial charge in [-0.1, -0.05) is 6.92 Å². The summed E-state index contributed by atoms with van der Waals surface area (Å²) < 4.78 is 20.8. The van der Waals surface area contributed by atoms with Gasteiger partial charge in [0.2, 0.25) is 0 Å². The number of halogens is 1. The summed E-state index contributed by atoms with van der Waals surface area (Å²) in [6, 6.07) is 4.06. The van der Waals surface area contributed by atoms with Crippen LogP contribution in [0.5, 0.6) is 0 Å². The smallest absolute Gasteiger partial charge is 0.298 e. The lowest BCUT2D eigenvalue weighted by Crippen LogP contribution is -2.40. The summed E-state index contributed by atoms with van der Waals surface area (Å²) in [5.41, 5.74) is 2.07. The van der Waals surface area contributed by atoms with Gasteiger partial charge >= 0.3 is 0 Å². The van der Waals surface area contributed by atoms with Gasteiger partial charge in [-0.2, -0.15) is 4.98 Å². The van der Waals surface area contributed by atoms with E-state index in [1.165, 1.54) is 18.9 Å². The van der Waals surface area contributed by atoms with E-state index in [1.54, 1.807) is 0 Å². The molecule has 4 fully saturated rings. The van der Waals surface area contributed by atoms with Crippen LogP contribution in [0, 0.1) is 24.6 Å². The maximum atomic E-state index is 14.9. The summed E-state index contributed by atoms with van der Waals surface area (Å²) in [6.45, 7) is 5.60. The predicted octanol–water partition coefficient (Wildman–Crippen LogP) is 5.14. The van der Waals surface area contributed by atoms with Crippen molar-refractivity contribution in [2.24, 2.45) is 11.8 Å². The molecule has 1 aromatic heterocycles. The van der Waals surface area contributed by atoms with Crippen LogP contribution in [0.15, 0.2) is 16.5 Å². The van der Waals surface area contributed by atoms with Crippen molar-refractivity contribution in [1.29, 1.82) is 0 Å². The van der Waals surface area contributed by atoms with Gasteiger partial charge in [0, 0.05) is 31.2 Å². The average Bonchev–Trinajstić information content (AvgIpc) is 3.40. The Labute approximate surface area is 182 Å². The number of hydrogen-bond acceptors (Lipinski definition) is 5. The van der Waals surface area contributed by atoms with Gasteiger partial charge in [0.05, 0.1) is 5.69 Å². The maximum Gasteiger partial charge on any atom is 0.298 e. The Hall–Kier alpha value is -2.57. The molecule has 0 atom stereocenters. The SMILES string of the molecule is CCc1oc(N2CCCC2)nc1C(=O)Nc1cc(C)c(NC2CC3CC(C3)C2)c(F)c1. The third kappa shape index (κ3) is 4.02. The molecule has 2 aromatic rings. The summed E-state index contributed by atoms with van der Waals surface area (Å²) in [6.07, 6.45) is 7.71. The molecular weight excluding hydrogens is 395 g/mol. The molecule has 1 saturated heterocycles. The minimum absolute atomic E-state index is 0.283. The number of aryl methyl sites for hydroxylation is 2. The van der Waals surface area contributed by atoms with Gasteiger partial charge in [-0.3, -0.25) is 4.79 Å². The second-order valence-electron chi connectivity index (χ2n) is 9.44. The molecule has 2 bridgehead atoms. The Morgan fingerprint density at radius 1 is 1.19 bits per heavy atom. The van der Waals surface area contributed by atoms with E-state index < -0.39 is 0 Å². The van der Waals surface area contributed by atoms with Crippen molar-refractivity contribution >= 4 is 23.3 Å². The molecule has 1 aliphatic heterocycles. The van der Waals surface area contributed by atoms with Gasteiger partial charge in [-0.15, -0.1) is 0 Å². The standard InChI is InChI=1S/C24H31FN4O2/c1-3-20-22(28-24(31-20)29-6-4-5-7-29)23(30)27-17-8-14(2)21(19(25)13-17)26-18-11-15-9-16(10-15)12-18/h8,13,15-16,18,26H,3-7,9-12H2,1-2H3,(H,27,30). The first-order chi connectivity index (χ1) is 15.0. The summed E-state index contributed by atoms with van der Waals surface area (Å²) in [4.78, 5) is 19.4. The van der Waals surface area contributed by atoms with E-state index in [9.17, 15) is 9.18 Å². The molecule has 31 heavy (non-hydrogen) atoms. The zero-order valence-electron chi connectivity index (χ0n) is 18.3. The van der Waals surface area contributed by atoms with Crippen LogP contribution in [0.4, 0.5) is 21.8 Å². The number of fused-ring (bicyclic) bond motifs is 2. The number of carbonyl (C=O) groups is 1. The topological polar surface area (TPSA) is 70.4 Å². The van der Waals surface area contributed by atoms with Gasteiger partial charge in [0.25, 0.3) is 11.9 Å². The van der Waals surface area contributed by atoms with E-state index in [1.807, 2.05) is 19.9 Å². The first-order valence-electron chi connectivity index (χ1n) is 11.6. The number of benzene rings is 1. The largest absolute Gasteiger partial charge is 0.428 e. The van der Waals surface area contributed by atoms with Gasteiger partial charge < -0.3 is 20.0 Å². The highest BCUT2D eigenvalue weighted by Gasteiger charge is 2.38. The molecule has 0 unspecified atom stereocenters. The lowest BCUT2D eigenvalue weighted by Gasteiger charge is -2.45. The Bertz CT molecular complexity index is 943. The lowest BCUT2D eigenvalue weighted by molar-refractivity contribution is 0.102. The van der Waals surface area contributed by atoms with Crippen molar-refractivity contribution in [2.75, 3.05) is 28.6 Å². The number of aromatic nitrogens is 1. The molecule has 2 N–H and O–H groups in total. The molecule has 6 nitrogen and oxygen atoms in total. The first kappa shape index (κ1) is 20.3. The quantitative estimate of drug-likeness (QED) is 0.669. The number of anilines is 3. The Morgan fingerprint density at radius 3 is 2.55 bits per heavy atom. The normalized spacial score (nSPS) is 24.7. The first-order valence-corrected chi connectivity index (χ1v) is 11.6.